The Balaban J connectivity index is 1.53. The molecule has 1 aliphatic heterocycles. The zero-order valence-electron chi connectivity index (χ0n) is 18.1. The molecule has 1 atom stereocenters. The van der Waals surface area contributed by atoms with Crippen molar-refractivity contribution in [2.75, 3.05) is 13.2 Å². The first-order chi connectivity index (χ1) is 15.9. The van der Waals surface area contributed by atoms with Crippen molar-refractivity contribution < 1.29 is 17.9 Å². The van der Waals surface area contributed by atoms with Crippen LogP contribution in [0.4, 0.5) is 0 Å². The van der Waals surface area contributed by atoms with Crippen LogP contribution in [0.15, 0.2) is 41.8 Å². The Kier molecular flexibility index (Phi) is 6.20. The third-order valence-corrected chi connectivity index (χ3v) is 8.92. The standard InChI is InChI=1S/C23H25ClN4O4S/c24-16-10-20-19(23(11-16)33(30,31)18-1-2-18)14-28(27-20)21(9-15-3-7-32-8-4-15)22(29)12-17-13-25-5-6-26-17/h5-6,10-11,13-15,18,21H,1-4,7-9,12H2. The second-order valence-electron chi connectivity index (χ2n) is 8.84. The Morgan fingerprint density at radius 3 is 2.67 bits per heavy atom. The van der Waals surface area contributed by atoms with Gasteiger partial charge in [-0.05, 0) is 50.2 Å². The zero-order valence-corrected chi connectivity index (χ0v) is 19.6. The highest BCUT2D eigenvalue weighted by Gasteiger charge is 2.38. The Bertz CT molecular complexity index is 1270. The van der Waals surface area contributed by atoms with E-state index < -0.39 is 15.9 Å². The van der Waals surface area contributed by atoms with Crippen LogP contribution in [0.1, 0.15) is 43.8 Å². The van der Waals surface area contributed by atoms with Crippen LogP contribution < -0.4 is 0 Å². The number of benzene rings is 1. The third kappa shape index (κ3) is 4.81. The number of ether oxygens (including phenoxy) is 1. The van der Waals surface area contributed by atoms with Crippen LogP contribution >= 0.6 is 11.6 Å². The van der Waals surface area contributed by atoms with Crippen molar-refractivity contribution in [2.45, 2.75) is 54.7 Å². The molecule has 33 heavy (non-hydrogen) atoms. The Hall–Kier alpha value is -2.36. The third-order valence-electron chi connectivity index (χ3n) is 6.40. The number of carbonyl (C=O) groups excluding carboxylic acids is 1. The molecule has 2 aromatic heterocycles. The average molecular weight is 489 g/mol. The van der Waals surface area contributed by atoms with Gasteiger partial charge >= 0.3 is 0 Å². The van der Waals surface area contributed by atoms with Crippen molar-refractivity contribution in [3.05, 3.63) is 47.6 Å². The lowest BCUT2D eigenvalue weighted by Crippen LogP contribution is -2.27. The lowest BCUT2D eigenvalue weighted by molar-refractivity contribution is -0.122. The molecule has 3 heterocycles. The van der Waals surface area contributed by atoms with Gasteiger partial charge in [-0.3, -0.25) is 19.4 Å². The van der Waals surface area contributed by atoms with Crippen molar-refractivity contribution >= 4 is 38.1 Å². The van der Waals surface area contributed by atoms with Crippen LogP contribution in [0.25, 0.3) is 10.9 Å². The lowest BCUT2D eigenvalue weighted by atomic mass is 9.90. The fourth-order valence-corrected chi connectivity index (χ4v) is 6.58. The predicted molar refractivity (Wildman–Crippen MR) is 123 cm³/mol. The molecule has 2 fully saturated rings. The molecule has 10 heteroatoms. The minimum absolute atomic E-state index is 0.0347. The van der Waals surface area contributed by atoms with E-state index in [9.17, 15) is 13.2 Å². The minimum Gasteiger partial charge on any atom is -0.381 e. The van der Waals surface area contributed by atoms with E-state index in [1.807, 2.05) is 0 Å². The number of fused-ring (bicyclic) bond motifs is 1. The van der Waals surface area contributed by atoms with Gasteiger partial charge in [-0.2, -0.15) is 5.10 Å². The molecule has 5 rings (SSSR count). The molecule has 8 nitrogen and oxygen atoms in total. The van der Waals surface area contributed by atoms with Gasteiger partial charge < -0.3 is 4.74 Å². The molecular formula is C23H25ClN4O4S. The lowest BCUT2D eigenvalue weighted by Gasteiger charge is -2.26. The van der Waals surface area contributed by atoms with Crippen LogP contribution in [0.3, 0.4) is 0 Å². The summed E-state index contributed by atoms with van der Waals surface area (Å²) >= 11 is 6.26. The van der Waals surface area contributed by atoms with Gasteiger partial charge in [0, 0.05) is 48.4 Å². The van der Waals surface area contributed by atoms with Gasteiger partial charge in [-0.25, -0.2) is 8.42 Å². The number of aromatic nitrogens is 4. The average Bonchev–Trinajstić information content (AvgIpc) is 3.59. The van der Waals surface area contributed by atoms with E-state index in [1.165, 1.54) is 6.07 Å². The fourth-order valence-electron chi connectivity index (χ4n) is 4.43. The van der Waals surface area contributed by atoms with E-state index in [0.29, 0.717) is 60.0 Å². The van der Waals surface area contributed by atoms with Crippen molar-refractivity contribution in [1.82, 2.24) is 19.7 Å². The van der Waals surface area contributed by atoms with Crippen molar-refractivity contribution in [3.63, 3.8) is 0 Å². The van der Waals surface area contributed by atoms with Crippen LogP contribution in [0.5, 0.6) is 0 Å². The molecule has 1 aliphatic carbocycles. The summed E-state index contributed by atoms with van der Waals surface area (Å²) in [5, 5.41) is 5.10. The monoisotopic (exact) mass is 488 g/mol. The highest BCUT2D eigenvalue weighted by molar-refractivity contribution is 7.92. The summed E-state index contributed by atoms with van der Waals surface area (Å²) in [7, 11) is -3.48. The number of halogens is 1. The maximum absolute atomic E-state index is 13.4. The van der Waals surface area contributed by atoms with Gasteiger partial charge in [0.2, 0.25) is 0 Å². The predicted octanol–water partition coefficient (Wildman–Crippen LogP) is 3.59. The van der Waals surface area contributed by atoms with Crippen LogP contribution in [-0.4, -0.2) is 52.4 Å². The molecule has 1 unspecified atom stereocenters. The number of Topliss-reactive ketones (excluding diaryl/α,β-unsaturated/α-hetero) is 1. The summed E-state index contributed by atoms with van der Waals surface area (Å²) in [4.78, 5) is 21.9. The van der Waals surface area contributed by atoms with E-state index in [4.69, 9.17) is 16.3 Å². The molecule has 0 bridgehead atoms. The summed E-state index contributed by atoms with van der Waals surface area (Å²) in [5.41, 5.74) is 1.07. The smallest absolute Gasteiger partial charge is 0.182 e. The summed E-state index contributed by atoms with van der Waals surface area (Å²) in [6.07, 6.45) is 10.2. The molecule has 0 radical (unpaired) electrons. The molecule has 1 saturated heterocycles. The van der Waals surface area contributed by atoms with E-state index in [1.54, 1.807) is 35.5 Å². The topological polar surface area (TPSA) is 104 Å². The normalized spacial score (nSPS) is 18.5. The van der Waals surface area contributed by atoms with Gasteiger partial charge in [-0.15, -0.1) is 0 Å². The Morgan fingerprint density at radius 1 is 1.18 bits per heavy atom. The number of hydrogen-bond acceptors (Lipinski definition) is 7. The summed E-state index contributed by atoms with van der Waals surface area (Å²) in [6, 6.07) is 2.61. The highest BCUT2D eigenvalue weighted by atomic mass is 35.5. The number of ketones is 1. The van der Waals surface area contributed by atoms with Crippen LogP contribution in [0.2, 0.25) is 5.02 Å². The first-order valence-corrected chi connectivity index (χ1v) is 13.1. The number of nitrogens with zero attached hydrogens (tertiary/aromatic N) is 4. The summed E-state index contributed by atoms with van der Waals surface area (Å²) in [6.45, 7) is 1.35. The molecule has 0 N–H and O–H groups in total. The fraction of sp³-hybridized carbons (Fsp3) is 0.478. The first kappa shape index (κ1) is 22.4. The first-order valence-electron chi connectivity index (χ1n) is 11.2. The molecule has 0 amide bonds. The quantitative estimate of drug-likeness (QED) is 0.477. The zero-order chi connectivity index (χ0) is 23.0. The molecule has 1 aromatic carbocycles. The van der Waals surface area contributed by atoms with Gasteiger partial charge in [0.1, 0.15) is 6.04 Å². The molecule has 3 aromatic rings. The second kappa shape index (κ2) is 9.12. The van der Waals surface area contributed by atoms with Gasteiger partial charge in [-0.1, -0.05) is 11.6 Å². The van der Waals surface area contributed by atoms with E-state index in [2.05, 4.69) is 15.1 Å². The molecule has 0 spiro atoms. The summed E-state index contributed by atoms with van der Waals surface area (Å²) < 4.78 is 33.2. The number of rotatable bonds is 8. The highest BCUT2D eigenvalue weighted by Crippen LogP contribution is 2.38. The molecular weight excluding hydrogens is 464 g/mol. The summed E-state index contributed by atoms with van der Waals surface area (Å²) in [5.74, 6) is 0.285. The number of hydrogen-bond donors (Lipinski definition) is 0. The maximum Gasteiger partial charge on any atom is 0.182 e. The molecule has 1 saturated carbocycles. The second-order valence-corrected chi connectivity index (χ2v) is 11.5. The van der Waals surface area contributed by atoms with Crippen molar-refractivity contribution in [2.24, 2.45) is 5.92 Å². The van der Waals surface area contributed by atoms with Gasteiger partial charge in [0.15, 0.2) is 15.6 Å². The number of carbonyl (C=O) groups is 1. The van der Waals surface area contributed by atoms with E-state index in [-0.39, 0.29) is 22.3 Å². The van der Waals surface area contributed by atoms with Crippen molar-refractivity contribution in [1.29, 1.82) is 0 Å². The van der Waals surface area contributed by atoms with Crippen molar-refractivity contribution in [3.8, 4) is 0 Å². The molecule has 2 aliphatic rings. The SMILES string of the molecule is O=C(Cc1cnccn1)C(CC1CCOCC1)n1cc2c(S(=O)(=O)C3CC3)cc(Cl)cc2n1. The molecule has 174 valence electrons. The maximum atomic E-state index is 13.4. The van der Waals surface area contributed by atoms with Crippen LogP contribution in [0, 0.1) is 5.92 Å². The van der Waals surface area contributed by atoms with Gasteiger partial charge in [0.05, 0.1) is 27.8 Å². The van der Waals surface area contributed by atoms with Gasteiger partial charge in [0.25, 0.3) is 0 Å². The van der Waals surface area contributed by atoms with Crippen LogP contribution in [-0.2, 0) is 25.8 Å². The van der Waals surface area contributed by atoms with E-state index in [0.717, 1.165) is 12.8 Å². The van der Waals surface area contributed by atoms with E-state index >= 15 is 0 Å². The Morgan fingerprint density at radius 2 is 1.97 bits per heavy atom. The number of sulfone groups is 1. The minimum atomic E-state index is -3.48. The Labute approximate surface area is 197 Å². The largest absolute Gasteiger partial charge is 0.381 e.